The van der Waals surface area contributed by atoms with Gasteiger partial charge in [0.15, 0.2) is 0 Å². The number of nitrogens with one attached hydrogen (secondary N) is 1. The number of rotatable bonds is 5. The summed E-state index contributed by atoms with van der Waals surface area (Å²) in [4.78, 5) is 18.9. The van der Waals surface area contributed by atoms with Crippen LogP contribution in [0.25, 0.3) is 27.9 Å². The lowest BCUT2D eigenvalue weighted by Crippen LogP contribution is -2.36. The fourth-order valence-electron chi connectivity index (χ4n) is 4.43. The van der Waals surface area contributed by atoms with E-state index < -0.39 is 5.82 Å². The van der Waals surface area contributed by atoms with Gasteiger partial charge in [-0.05, 0) is 53.4 Å². The number of allylic oxidation sites excluding steroid dienone is 1. The second-order valence-electron chi connectivity index (χ2n) is 9.34. The van der Waals surface area contributed by atoms with Crippen molar-refractivity contribution in [3.05, 3.63) is 94.3 Å². The van der Waals surface area contributed by atoms with Crippen LogP contribution in [0.3, 0.4) is 0 Å². The van der Waals surface area contributed by atoms with E-state index in [0.29, 0.717) is 44.7 Å². The summed E-state index contributed by atoms with van der Waals surface area (Å²) in [5.41, 5.74) is 3.19. The Morgan fingerprint density at radius 2 is 1.81 bits per heavy atom. The van der Waals surface area contributed by atoms with Crippen molar-refractivity contribution in [3.63, 3.8) is 0 Å². The highest BCUT2D eigenvalue weighted by Gasteiger charge is 2.19. The van der Waals surface area contributed by atoms with Gasteiger partial charge in [0.1, 0.15) is 17.4 Å². The van der Waals surface area contributed by atoms with Gasteiger partial charge in [-0.1, -0.05) is 31.5 Å². The number of anilines is 1. The normalized spacial score (nSPS) is 13.6. The molecule has 2 aromatic heterocycles. The molecule has 0 atom stereocenters. The number of hydrogen-bond acceptors (Lipinski definition) is 5. The Bertz CT molecular complexity index is 1570. The highest BCUT2D eigenvalue weighted by molar-refractivity contribution is 6.32. The first kappa shape index (κ1) is 24.6. The van der Waals surface area contributed by atoms with E-state index in [-0.39, 0.29) is 11.4 Å². The van der Waals surface area contributed by atoms with Gasteiger partial charge >= 0.3 is 5.69 Å². The SMILES string of the molecule is CC(C)C1=CN(c2cc(-c3cc(F)cc(-c4ccc(-n5ccn(C)c5=O)c(Cl)c4)c3O)ccn2)CCN1. The molecule has 0 radical (unpaired) electrons. The molecule has 0 amide bonds. The summed E-state index contributed by atoms with van der Waals surface area (Å²) < 4.78 is 17.7. The maximum absolute atomic E-state index is 14.8. The third-order valence-electron chi connectivity index (χ3n) is 6.49. The largest absolute Gasteiger partial charge is 0.507 e. The Morgan fingerprint density at radius 3 is 2.46 bits per heavy atom. The molecule has 1 aliphatic heterocycles. The van der Waals surface area contributed by atoms with Crippen molar-refractivity contribution in [3.8, 4) is 33.7 Å². The van der Waals surface area contributed by atoms with Crippen molar-refractivity contribution >= 4 is 17.4 Å². The Kier molecular flexibility index (Phi) is 6.52. The molecular weight excluding hydrogens is 493 g/mol. The number of imidazole rings is 1. The van der Waals surface area contributed by atoms with Crippen LogP contribution < -0.4 is 15.9 Å². The van der Waals surface area contributed by atoms with Gasteiger partial charge in [0.05, 0.1) is 10.7 Å². The number of halogens is 2. The predicted molar refractivity (Wildman–Crippen MR) is 145 cm³/mol. The molecule has 1 aliphatic rings. The standard InChI is InChI=1S/C28H27ClFN5O2/c1-17(2)24-16-34(9-8-31-24)26-13-19(6-7-32-26)22-15-20(30)14-21(27(22)36)18-4-5-25(23(29)12-18)35-11-10-33(3)28(35)37/h4-7,10-17,31,36H,8-9H2,1-3H3. The summed E-state index contributed by atoms with van der Waals surface area (Å²) in [6, 6.07) is 11.2. The molecule has 9 heteroatoms. The van der Waals surface area contributed by atoms with Crippen molar-refractivity contribution in [2.75, 3.05) is 18.0 Å². The topological polar surface area (TPSA) is 75.3 Å². The number of hydrogen-bond donors (Lipinski definition) is 2. The van der Waals surface area contributed by atoms with Crippen LogP contribution in [0.5, 0.6) is 5.75 Å². The van der Waals surface area contributed by atoms with Crippen LogP contribution in [0.15, 0.2) is 77.7 Å². The van der Waals surface area contributed by atoms with Gasteiger partial charge < -0.3 is 19.9 Å². The minimum absolute atomic E-state index is 0.0713. The zero-order valence-electron chi connectivity index (χ0n) is 20.7. The van der Waals surface area contributed by atoms with E-state index in [1.165, 1.54) is 21.3 Å². The van der Waals surface area contributed by atoms with Crippen LogP contribution in [0.2, 0.25) is 5.02 Å². The van der Waals surface area contributed by atoms with Crippen molar-refractivity contribution in [2.24, 2.45) is 13.0 Å². The van der Waals surface area contributed by atoms with Gasteiger partial charge in [-0.2, -0.15) is 0 Å². The van der Waals surface area contributed by atoms with Crippen LogP contribution in [-0.2, 0) is 7.05 Å². The maximum atomic E-state index is 14.8. The third-order valence-corrected chi connectivity index (χ3v) is 6.79. The number of aryl methyl sites for hydroxylation is 1. The molecule has 0 saturated heterocycles. The molecule has 4 aromatic rings. The molecule has 3 heterocycles. The van der Waals surface area contributed by atoms with Crippen molar-refractivity contribution < 1.29 is 9.50 Å². The zero-order chi connectivity index (χ0) is 26.3. The molecule has 7 nitrogen and oxygen atoms in total. The molecule has 0 fully saturated rings. The van der Waals surface area contributed by atoms with E-state index in [2.05, 4.69) is 29.0 Å². The molecule has 37 heavy (non-hydrogen) atoms. The van der Waals surface area contributed by atoms with Gasteiger partial charge in [-0.15, -0.1) is 0 Å². The van der Waals surface area contributed by atoms with Gasteiger partial charge in [0, 0.05) is 61.8 Å². The smallest absolute Gasteiger partial charge is 0.332 e. The molecular formula is C28H27ClFN5O2. The summed E-state index contributed by atoms with van der Waals surface area (Å²) >= 11 is 6.52. The second-order valence-corrected chi connectivity index (χ2v) is 9.75. The van der Waals surface area contributed by atoms with Gasteiger partial charge in [-0.25, -0.2) is 14.2 Å². The average Bonchev–Trinajstić information content (AvgIpc) is 3.23. The number of phenols is 1. The third kappa shape index (κ3) is 4.72. The fourth-order valence-corrected chi connectivity index (χ4v) is 4.70. The number of pyridine rings is 1. The van der Waals surface area contributed by atoms with Crippen molar-refractivity contribution in [1.82, 2.24) is 19.4 Å². The number of nitrogens with zero attached hydrogens (tertiary/aromatic N) is 4. The summed E-state index contributed by atoms with van der Waals surface area (Å²) in [5, 5.41) is 14.9. The van der Waals surface area contributed by atoms with Crippen molar-refractivity contribution in [2.45, 2.75) is 13.8 Å². The number of benzene rings is 2. The molecule has 0 spiro atoms. The molecule has 2 N–H and O–H groups in total. The first-order valence-corrected chi connectivity index (χ1v) is 12.4. The average molecular weight is 520 g/mol. The zero-order valence-corrected chi connectivity index (χ0v) is 21.5. The van der Waals surface area contributed by atoms with E-state index >= 15 is 0 Å². The lowest BCUT2D eigenvalue weighted by Gasteiger charge is -2.29. The van der Waals surface area contributed by atoms with E-state index in [9.17, 15) is 14.3 Å². The minimum Gasteiger partial charge on any atom is -0.507 e. The van der Waals surface area contributed by atoms with Crippen LogP contribution in [0.1, 0.15) is 13.8 Å². The number of aromatic nitrogens is 3. The van der Waals surface area contributed by atoms with E-state index in [4.69, 9.17) is 11.6 Å². The monoisotopic (exact) mass is 519 g/mol. The Balaban J connectivity index is 1.54. The molecule has 0 aliphatic carbocycles. The molecule has 0 unspecified atom stereocenters. The Morgan fingerprint density at radius 1 is 1.08 bits per heavy atom. The molecule has 2 aromatic carbocycles. The quantitative estimate of drug-likeness (QED) is 0.374. The summed E-state index contributed by atoms with van der Waals surface area (Å²) in [5.74, 6) is 0.491. The highest BCUT2D eigenvalue weighted by Crippen LogP contribution is 2.41. The first-order valence-electron chi connectivity index (χ1n) is 12.0. The van der Waals surface area contributed by atoms with E-state index in [1.807, 2.05) is 12.3 Å². The Hall–Kier alpha value is -4.04. The fraction of sp³-hybridized carbons (Fsp3) is 0.214. The molecule has 0 saturated carbocycles. The van der Waals surface area contributed by atoms with Gasteiger partial charge in [0.2, 0.25) is 0 Å². The highest BCUT2D eigenvalue weighted by atomic mass is 35.5. The predicted octanol–water partition coefficient (Wildman–Crippen LogP) is 5.31. The summed E-state index contributed by atoms with van der Waals surface area (Å²) in [6.45, 7) is 5.77. The van der Waals surface area contributed by atoms with Crippen LogP contribution >= 0.6 is 11.6 Å². The van der Waals surface area contributed by atoms with Gasteiger partial charge in [0.25, 0.3) is 0 Å². The van der Waals surface area contributed by atoms with Crippen molar-refractivity contribution in [1.29, 1.82) is 0 Å². The molecule has 5 rings (SSSR count). The van der Waals surface area contributed by atoms with Crippen LogP contribution in [0, 0.1) is 11.7 Å². The molecule has 0 bridgehead atoms. The van der Waals surface area contributed by atoms with Crippen LogP contribution in [0.4, 0.5) is 10.2 Å². The van der Waals surface area contributed by atoms with Crippen LogP contribution in [-0.4, -0.2) is 32.3 Å². The summed E-state index contributed by atoms with van der Waals surface area (Å²) in [6.07, 6.45) is 6.96. The Labute approximate surface area is 219 Å². The summed E-state index contributed by atoms with van der Waals surface area (Å²) in [7, 11) is 1.65. The maximum Gasteiger partial charge on any atom is 0.332 e. The lowest BCUT2D eigenvalue weighted by atomic mass is 9.97. The number of aromatic hydroxyl groups is 1. The van der Waals surface area contributed by atoms with E-state index in [0.717, 1.165) is 18.8 Å². The van der Waals surface area contributed by atoms with Gasteiger partial charge in [-0.3, -0.25) is 4.57 Å². The van der Waals surface area contributed by atoms with E-state index in [1.54, 1.807) is 49.9 Å². The second kappa shape index (κ2) is 9.78. The first-order chi connectivity index (χ1) is 17.7. The number of phenolic OH excluding ortho intramolecular Hbond substituents is 1. The lowest BCUT2D eigenvalue weighted by molar-refractivity contribution is 0.477. The molecule has 190 valence electrons. The minimum atomic E-state index is -0.496.